The first-order valence-electron chi connectivity index (χ1n) is 5.85. The standard InChI is InChI=1S/C13H18N4O2/c1-17-8-15-7-11(17)13(16-14)10-5-4-9(18-2)6-12(10)19-3/h4-8,13,16H,14H2,1-3H3. The number of hydrazine groups is 1. The highest BCUT2D eigenvalue weighted by Crippen LogP contribution is 2.32. The van der Waals surface area contributed by atoms with Crippen molar-refractivity contribution in [3.05, 3.63) is 42.0 Å². The van der Waals surface area contributed by atoms with E-state index in [0.29, 0.717) is 5.75 Å². The Labute approximate surface area is 112 Å². The fourth-order valence-corrected chi connectivity index (χ4v) is 2.04. The number of aromatic nitrogens is 2. The number of nitrogens with one attached hydrogen (secondary N) is 1. The summed E-state index contributed by atoms with van der Waals surface area (Å²) in [4.78, 5) is 4.11. The van der Waals surface area contributed by atoms with Gasteiger partial charge in [-0.05, 0) is 12.1 Å². The zero-order valence-corrected chi connectivity index (χ0v) is 11.3. The Morgan fingerprint density at radius 1 is 1.32 bits per heavy atom. The SMILES string of the molecule is COc1ccc(C(NN)c2cncn2C)c(OC)c1. The van der Waals surface area contributed by atoms with Gasteiger partial charge in [-0.3, -0.25) is 5.84 Å². The highest BCUT2D eigenvalue weighted by Gasteiger charge is 2.20. The van der Waals surface area contributed by atoms with Gasteiger partial charge in [-0.15, -0.1) is 0 Å². The third kappa shape index (κ3) is 2.54. The van der Waals surface area contributed by atoms with Crippen LogP contribution in [0, 0.1) is 0 Å². The highest BCUT2D eigenvalue weighted by molar-refractivity contribution is 5.44. The molecule has 3 N–H and O–H groups in total. The molecule has 0 saturated heterocycles. The van der Waals surface area contributed by atoms with E-state index in [1.54, 1.807) is 26.7 Å². The molecule has 0 spiro atoms. The van der Waals surface area contributed by atoms with Crippen LogP contribution in [-0.2, 0) is 7.05 Å². The molecular formula is C13H18N4O2. The summed E-state index contributed by atoms with van der Waals surface area (Å²) in [6.45, 7) is 0. The van der Waals surface area contributed by atoms with Crippen molar-refractivity contribution in [2.45, 2.75) is 6.04 Å². The maximum atomic E-state index is 5.68. The molecule has 1 heterocycles. The molecule has 0 radical (unpaired) electrons. The lowest BCUT2D eigenvalue weighted by molar-refractivity contribution is 0.387. The number of aryl methyl sites for hydroxylation is 1. The van der Waals surface area contributed by atoms with Crippen molar-refractivity contribution in [3.8, 4) is 11.5 Å². The average Bonchev–Trinajstić information content (AvgIpc) is 2.86. The fourth-order valence-electron chi connectivity index (χ4n) is 2.04. The number of benzene rings is 1. The molecule has 19 heavy (non-hydrogen) atoms. The van der Waals surface area contributed by atoms with Crippen LogP contribution in [0.1, 0.15) is 17.3 Å². The summed E-state index contributed by atoms with van der Waals surface area (Å²) in [6, 6.07) is 5.43. The minimum atomic E-state index is -0.201. The van der Waals surface area contributed by atoms with Crippen molar-refractivity contribution in [2.24, 2.45) is 12.9 Å². The Bertz CT molecular complexity index is 553. The van der Waals surface area contributed by atoms with E-state index >= 15 is 0 Å². The summed E-state index contributed by atoms with van der Waals surface area (Å²) >= 11 is 0. The first-order valence-corrected chi connectivity index (χ1v) is 5.85. The zero-order chi connectivity index (χ0) is 13.8. The Morgan fingerprint density at radius 3 is 2.63 bits per heavy atom. The van der Waals surface area contributed by atoms with Gasteiger partial charge in [0.25, 0.3) is 0 Å². The lowest BCUT2D eigenvalue weighted by atomic mass is 10.0. The van der Waals surface area contributed by atoms with Gasteiger partial charge in [-0.2, -0.15) is 0 Å². The predicted octanol–water partition coefficient (Wildman–Crippen LogP) is 0.990. The van der Waals surface area contributed by atoms with Gasteiger partial charge in [0.1, 0.15) is 11.5 Å². The minimum absolute atomic E-state index is 0.201. The molecule has 0 aliphatic carbocycles. The summed E-state index contributed by atoms with van der Waals surface area (Å²) in [5.74, 6) is 7.13. The summed E-state index contributed by atoms with van der Waals surface area (Å²) < 4.78 is 12.5. The minimum Gasteiger partial charge on any atom is -0.497 e. The molecular weight excluding hydrogens is 244 g/mol. The molecule has 2 aromatic rings. The maximum Gasteiger partial charge on any atom is 0.127 e. The van der Waals surface area contributed by atoms with Gasteiger partial charge in [0.05, 0.1) is 38.5 Å². The van der Waals surface area contributed by atoms with Crippen LogP contribution in [0.2, 0.25) is 0 Å². The second-order valence-corrected chi connectivity index (χ2v) is 4.14. The monoisotopic (exact) mass is 262 g/mol. The Morgan fingerprint density at radius 2 is 2.11 bits per heavy atom. The van der Waals surface area contributed by atoms with Crippen molar-refractivity contribution in [3.63, 3.8) is 0 Å². The average molecular weight is 262 g/mol. The van der Waals surface area contributed by atoms with Crippen LogP contribution in [0.3, 0.4) is 0 Å². The molecule has 6 heteroatoms. The third-order valence-corrected chi connectivity index (χ3v) is 3.07. The predicted molar refractivity (Wildman–Crippen MR) is 71.9 cm³/mol. The van der Waals surface area contributed by atoms with E-state index in [2.05, 4.69) is 10.4 Å². The number of hydrogen-bond acceptors (Lipinski definition) is 5. The maximum absolute atomic E-state index is 5.68. The molecule has 102 valence electrons. The van der Waals surface area contributed by atoms with Crippen molar-refractivity contribution >= 4 is 0 Å². The first-order chi connectivity index (χ1) is 9.21. The van der Waals surface area contributed by atoms with Crippen molar-refractivity contribution < 1.29 is 9.47 Å². The largest absolute Gasteiger partial charge is 0.497 e. The van der Waals surface area contributed by atoms with Crippen LogP contribution in [0.25, 0.3) is 0 Å². The van der Waals surface area contributed by atoms with Gasteiger partial charge < -0.3 is 14.0 Å². The van der Waals surface area contributed by atoms with E-state index < -0.39 is 0 Å². The molecule has 1 atom stereocenters. The lowest BCUT2D eigenvalue weighted by Gasteiger charge is -2.20. The summed E-state index contributed by atoms with van der Waals surface area (Å²) in [5, 5.41) is 0. The number of nitrogens with two attached hydrogens (primary N) is 1. The third-order valence-electron chi connectivity index (χ3n) is 3.07. The van der Waals surface area contributed by atoms with Crippen LogP contribution < -0.4 is 20.7 Å². The van der Waals surface area contributed by atoms with Crippen LogP contribution in [-0.4, -0.2) is 23.8 Å². The molecule has 0 saturated carbocycles. The number of hydrogen-bond donors (Lipinski definition) is 2. The Kier molecular flexibility index (Phi) is 4.03. The lowest BCUT2D eigenvalue weighted by Crippen LogP contribution is -2.30. The smallest absolute Gasteiger partial charge is 0.127 e. The van der Waals surface area contributed by atoms with Crippen molar-refractivity contribution in [2.75, 3.05) is 14.2 Å². The summed E-state index contributed by atoms with van der Waals surface area (Å²) in [7, 11) is 5.16. The van der Waals surface area contributed by atoms with Crippen molar-refractivity contribution in [1.82, 2.24) is 15.0 Å². The van der Waals surface area contributed by atoms with Crippen LogP contribution in [0.4, 0.5) is 0 Å². The van der Waals surface area contributed by atoms with E-state index in [9.17, 15) is 0 Å². The molecule has 1 aromatic carbocycles. The van der Waals surface area contributed by atoms with Crippen molar-refractivity contribution in [1.29, 1.82) is 0 Å². The van der Waals surface area contributed by atoms with Gasteiger partial charge in [-0.1, -0.05) is 0 Å². The second-order valence-electron chi connectivity index (χ2n) is 4.14. The molecule has 0 fully saturated rings. The van der Waals surface area contributed by atoms with Crippen LogP contribution in [0.15, 0.2) is 30.7 Å². The number of ether oxygens (including phenoxy) is 2. The van der Waals surface area contributed by atoms with Gasteiger partial charge in [0, 0.05) is 18.7 Å². The van der Waals surface area contributed by atoms with E-state index in [1.807, 2.05) is 29.8 Å². The molecule has 0 aliphatic heterocycles. The molecule has 0 amide bonds. The first kappa shape index (κ1) is 13.4. The normalized spacial score (nSPS) is 12.2. The van der Waals surface area contributed by atoms with Gasteiger partial charge >= 0.3 is 0 Å². The molecule has 0 aliphatic rings. The Balaban J connectivity index is 2.46. The fraction of sp³-hybridized carbons (Fsp3) is 0.308. The number of rotatable bonds is 5. The molecule has 0 bridgehead atoms. The Hall–Kier alpha value is -2.05. The number of methoxy groups -OCH3 is 2. The summed E-state index contributed by atoms with van der Waals surface area (Å²) in [6.07, 6.45) is 3.50. The topological polar surface area (TPSA) is 74.3 Å². The molecule has 1 unspecified atom stereocenters. The summed E-state index contributed by atoms with van der Waals surface area (Å²) in [5.41, 5.74) is 4.67. The number of nitrogens with zero attached hydrogens (tertiary/aromatic N) is 2. The van der Waals surface area contributed by atoms with Gasteiger partial charge in [0.15, 0.2) is 0 Å². The highest BCUT2D eigenvalue weighted by atomic mass is 16.5. The van der Waals surface area contributed by atoms with Gasteiger partial charge in [0.2, 0.25) is 0 Å². The van der Waals surface area contributed by atoms with E-state index in [-0.39, 0.29) is 6.04 Å². The molecule has 1 aromatic heterocycles. The van der Waals surface area contributed by atoms with E-state index in [4.69, 9.17) is 15.3 Å². The molecule has 2 rings (SSSR count). The number of imidazole rings is 1. The van der Waals surface area contributed by atoms with E-state index in [0.717, 1.165) is 17.0 Å². The van der Waals surface area contributed by atoms with E-state index in [1.165, 1.54) is 0 Å². The quantitative estimate of drug-likeness (QED) is 0.621. The van der Waals surface area contributed by atoms with Gasteiger partial charge in [-0.25, -0.2) is 10.4 Å². The zero-order valence-electron chi connectivity index (χ0n) is 11.3. The van der Waals surface area contributed by atoms with Crippen LogP contribution >= 0.6 is 0 Å². The molecule has 6 nitrogen and oxygen atoms in total. The van der Waals surface area contributed by atoms with Crippen LogP contribution in [0.5, 0.6) is 11.5 Å². The second kappa shape index (κ2) is 5.73.